The van der Waals surface area contributed by atoms with Crippen molar-refractivity contribution < 1.29 is 9.21 Å². The molecule has 1 aliphatic heterocycles. The van der Waals surface area contributed by atoms with Crippen LogP contribution in [0.4, 0.5) is 5.82 Å². The van der Waals surface area contributed by atoms with E-state index in [2.05, 4.69) is 5.32 Å². The van der Waals surface area contributed by atoms with Crippen LogP contribution in [0.5, 0.6) is 0 Å². The van der Waals surface area contributed by atoms with E-state index in [0.29, 0.717) is 25.5 Å². The van der Waals surface area contributed by atoms with Gasteiger partial charge < -0.3 is 14.6 Å². The Morgan fingerprint density at radius 2 is 2.04 bits per heavy atom. The number of hydrogen-bond donors (Lipinski definition) is 1. The average molecular weight is 360 g/mol. The van der Waals surface area contributed by atoms with Crippen molar-refractivity contribution in [3.8, 4) is 0 Å². The van der Waals surface area contributed by atoms with Crippen molar-refractivity contribution in [1.82, 2.24) is 14.5 Å². The van der Waals surface area contributed by atoms with E-state index < -0.39 is 0 Å². The lowest BCUT2D eigenvalue weighted by Crippen LogP contribution is -2.46. The molecule has 0 saturated carbocycles. The molecule has 8 heteroatoms. The minimum Gasteiger partial charge on any atom is -0.465 e. The zero-order valence-electron chi connectivity index (χ0n) is 15.3. The van der Waals surface area contributed by atoms with Gasteiger partial charge in [0, 0.05) is 33.3 Å². The Balaban J connectivity index is 1.70. The van der Waals surface area contributed by atoms with Gasteiger partial charge in [-0.3, -0.25) is 18.7 Å². The number of piperidine rings is 1. The first kappa shape index (κ1) is 18.0. The third-order valence-electron chi connectivity index (χ3n) is 4.85. The van der Waals surface area contributed by atoms with Gasteiger partial charge in [-0.1, -0.05) is 0 Å². The minimum atomic E-state index is -0.368. The Bertz CT molecular complexity index is 924. The summed E-state index contributed by atoms with van der Waals surface area (Å²) < 4.78 is 7.99. The number of anilines is 1. The minimum absolute atomic E-state index is 0.0439. The number of nitrogens with one attached hydrogen (secondary N) is 1. The molecule has 0 bridgehead atoms. The van der Waals surface area contributed by atoms with Gasteiger partial charge in [-0.05, 0) is 31.9 Å². The van der Waals surface area contributed by atoms with Crippen molar-refractivity contribution in [3.05, 3.63) is 50.6 Å². The highest BCUT2D eigenvalue weighted by Gasteiger charge is 2.27. The number of hydrogen-bond acceptors (Lipinski definition) is 5. The van der Waals surface area contributed by atoms with Crippen molar-refractivity contribution in [2.45, 2.75) is 26.3 Å². The van der Waals surface area contributed by atoms with Gasteiger partial charge in [-0.15, -0.1) is 0 Å². The smallest absolute Gasteiger partial charge is 0.332 e. The van der Waals surface area contributed by atoms with Gasteiger partial charge in [-0.25, -0.2) is 4.79 Å². The number of aromatic nitrogens is 2. The lowest BCUT2D eigenvalue weighted by molar-refractivity contribution is -0.125. The largest absolute Gasteiger partial charge is 0.465 e. The number of carbonyl (C=O) groups excluding carboxylic acids is 1. The highest BCUT2D eigenvalue weighted by atomic mass is 16.3. The number of nitrogens with zero attached hydrogens (tertiary/aromatic N) is 3. The maximum atomic E-state index is 12.5. The number of amides is 1. The summed E-state index contributed by atoms with van der Waals surface area (Å²) in [6, 6.07) is 5.16. The summed E-state index contributed by atoms with van der Waals surface area (Å²) in [7, 11) is 3.09. The van der Waals surface area contributed by atoms with Gasteiger partial charge in [0.25, 0.3) is 5.56 Å². The summed E-state index contributed by atoms with van der Waals surface area (Å²) in [6.07, 6.45) is 1.60. The zero-order valence-corrected chi connectivity index (χ0v) is 15.3. The van der Waals surface area contributed by atoms with Crippen LogP contribution in [-0.2, 0) is 25.4 Å². The van der Waals surface area contributed by atoms with Crippen LogP contribution >= 0.6 is 0 Å². The van der Waals surface area contributed by atoms with E-state index in [4.69, 9.17) is 4.42 Å². The van der Waals surface area contributed by atoms with Gasteiger partial charge in [0.05, 0.1) is 12.5 Å². The Labute approximate surface area is 151 Å². The summed E-state index contributed by atoms with van der Waals surface area (Å²) in [6.45, 7) is 3.40. The monoisotopic (exact) mass is 360 g/mol. The van der Waals surface area contributed by atoms with Gasteiger partial charge in [0.1, 0.15) is 17.3 Å². The molecule has 1 aliphatic rings. The third-order valence-corrected chi connectivity index (χ3v) is 4.85. The molecule has 1 N–H and O–H groups in total. The Kier molecular flexibility index (Phi) is 5.01. The molecule has 1 unspecified atom stereocenters. The maximum absolute atomic E-state index is 12.5. The van der Waals surface area contributed by atoms with E-state index in [1.165, 1.54) is 17.7 Å². The molecular formula is C18H24N4O4. The maximum Gasteiger partial charge on any atom is 0.332 e. The fourth-order valence-corrected chi connectivity index (χ4v) is 3.32. The molecule has 140 valence electrons. The third kappa shape index (κ3) is 3.58. The Hall–Kier alpha value is -2.77. The van der Waals surface area contributed by atoms with Crippen LogP contribution in [-0.4, -0.2) is 28.1 Å². The molecule has 2 aromatic rings. The van der Waals surface area contributed by atoms with E-state index in [-0.39, 0.29) is 23.1 Å². The van der Waals surface area contributed by atoms with E-state index in [1.54, 1.807) is 7.05 Å². The first-order valence-corrected chi connectivity index (χ1v) is 8.72. The standard InChI is InChI=1S/C18H24N4O4/c1-12-6-7-14(26-12)10-19-17(24)13-5-4-8-22(11-13)15-9-16(23)21(3)18(25)20(15)2/h6-7,9,13H,4-5,8,10-11H2,1-3H3,(H,19,24). The first-order chi connectivity index (χ1) is 12.4. The second kappa shape index (κ2) is 7.23. The van der Waals surface area contributed by atoms with Crippen LogP contribution in [0, 0.1) is 12.8 Å². The molecule has 8 nitrogen and oxygen atoms in total. The second-order valence-electron chi connectivity index (χ2n) is 6.76. The average Bonchev–Trinajstić information content (AvgIpc) is 3.06. The highest BCUT2D eigenvalue weighted by molar-refractivity contribution is 5.79. The van der Waals surface area contributed by atoms with E-state index in [9.17, 15) is 14.4 Å². The molecule has 1 amide bonds. The fraction of sp³-hybridized carbons (Fsp3) is 0.500. The van der Waals surface area contributed by atoms with E-state index in [1.807, 2.05) is 24.0 Å². The second-order valence-corrected chi connectivity index (χ2v) is 6.76. The van der Waals surface area contributed by atoms with Gasteiger partial charge >= 0.3 is 5.69 Å². The van der Waals surface area contributed by atoms with Gasteiger partial charge in [-0.2, -0.15) is 0 Å². The molecule has 0 aliphatic carbocycles. The summed E-state index contributed by atoms with van der Waals surface area (Å²) in [5, 5.41) is 2.91. The quantitative estimate of drug-likeness (QED) is 0.859. The number of furan rings is 1. The van der Waals surface area contributed by atoms with Gasteiger partial charge in [0.15, 0.2) is 0 Å². The summed E-state index contributed by atoms with van der Waals surface area (Å²) in [5.41, 5.74) is -0.713. The fourth-order valence-electron chi connectivity index (χ4n) is 3.32. The summed E-state index contributed by atoms with van der Waals surface area (Å²) in [4.78, 5) is 38.6. The van der Waals surface area contributed by atoms with Crippen molar-refractivity contribution in [2.24, 2.45) is 20.0 Å². The lowest BCUT2D eigenvalue weighted by atomic mass is 9.97. The molecule has 1 fully saturated rings. The number of carbonyl (C=O) groups is 1. The van der Waals surface area contributed by atoms with Crippen molar-refractivity contribution in [2.75, 3.05) is 18.0 Å². The highest BCUT2D eigenvalue weighted by Crippen LogP contribution is 2.21. The normalized spacial score (nSPS) is 17.3. The van der Waals surface area contributed by atoms with Crippen molar-refractivity contribution >= 4 is 11.7 Å². The van der Waals surface area contributed by atoms with Crippen LogP contribution in [0.1, 0.15) is 24.4 Å². The van der Waals surface area contributed by atoms with Crippen LogP contribution < -0.4 is 21.5 Å². The van der Waals surface area contributed by atoms with Crippen molar-refractivity contribution in [3.63, 3.8) is 0 Å². The molecule has 0 spiro atoms. The molecule has 1 atom stereocenters. The predicted molar refractivity (Wildman–Crippen MR) is 97.2 cm³/mol. The van der Waals surface area contributed by atoms with Crippen LogP contribution in [0.2, 0.25) is 0 Å². The molecule has 0 radical (unpaired) electrons. The molecule has 0 aromatic carbocycles. The number of aryl methyl sites for hydroxylation is 1. The van der Waals surface area contributed by atoms with Crippen LogP contribution in [0.25, 0.3) is 0 Å². The predicted octanol–water partition coefficient (Wildman–Crippen LogP) is 0.518. The Morgan fingerprint density at radius 3 is 2.73 bits per heavy atom. The van der Waals surface area contributed by atoms with Crippen LogP contribution in [0.3, 0.4) is 0 Å². The van der Waals surface area contributed by atoms with Crippen LogP contribution in [0.15, 0.2) is 32.2 Å². The molecule has 3 rings (SSSR count). The molecular weight excluding hydrogens is 336 g/mol. The number of rotatable bonds is 4. The molecule has 26 heavy (non-hydrogen) atoms. The van der Waals surface area contributed by atoms with E-state index >= 15 is 0 Å². The molecule has 3 heterocycles. The Morgan fingerprint density at radius 1 is 1.27 bits per heavy atom. The first-order valence-electron chi connectivity index (χ1n) is 8.72. The lowest BCUT2D eigenvalue weighted by Gasteiger charge is -2.34. The SMILES string of the molecule is Cc1ccc(CNC(=O)C2CCCN(c3cc(=O)n(C)c(=O)n3C)C2)o1. The molecule has 2 aromatic heterocycles. The zero-order chi connectivity index (χ0) is 18.8. The summed E-state index contributed by atoms with van der Waals surface area (Å²) in [5.74, 6) is 1.84. The topological polar surface area (TPSA) is 89.5 Å². The summed E-state index contributed by atoms with van der Waals surface area (Å²) >= 11 is 0. The molecule has 1 saturated heterocycles. The van der Waals surface area contributed by atoms with Gasteiger partial charge in [0.2, 0.25) is 5.91 Å². The van der Waals surface area contributed by atoms with Crippen molar-refractivity contribution in [1.29, 1.82) is 0 Å². The van der Waals surface area contributed by atoms with E-state index in [0.717, 1.165) is 28.9 Å².